The van der Waals surface area contributed by atoms with Crippen molar-refractivity contribution in [2.45, 2.75) is 59.0 Å². The first kappa shape index (κ1) is 18.9. The lowest BCUT2D eigenvalue weighted by Crippen LogP contribution is -2.20. The molecule has 1 N–H and O–H groups in total. The van der Waals surface area contributed by atoms with Crippen molar-refractivity contribution in [3.8, 4) is 0 Å². The van der Waals surface area contributed by atoms with Crippen molar-refractivity contribution in [2.24, 2.45) is 0 Å². The number of ether oxygens (including phenoxy) is 1. The van der Waals surface area contributed by atoms with Crippen molar-refractivity contribution in [2.75, 3.05) is 5.32 Å². The van der Waals surface area contributed by atoms with E-state index in [1.165, 1.54) is 28.9 Å². The van der Waals surface area contributed by atoms with Crippen molar-refractivity contribution in [3.05, 3.63) is 46.1 Å². The largest absolute Gasteiger partial charge is 0.458 e. The molecule has 1 saturated carbocycles. The fourth-order valence-electron chi connectivity index (χ4n) is 3.76. The average Bonchev–Trinajstić information content (AvgIpc) is 3.04. The fraction of sp³-hybridized carbons (Fsp3) is 0.409. The van der Waals surface area contributed by atoms with Crippen molar-refractivity contribution >= 4 is 39.0 Å². The molecule has 3 aromatic rings. The topological polar surface area (TPSA) is 64.1 Å². The van der Waals surface area contributed by atoms with Crippen LogP contribution in [0.3, 0.4) is 0 Å². The maximum absolute atomic E-state index is 12.8. The van der Waals surface area contributed by atoms with Crippen molar-refractivity contribution in [3.63, 3.8) is 0 Å². The first-order chi connectivity index (χ1) is 13.5. The summed E-state index contributed by atoms with van der Waals surface area (Å²) in [7, 11) is 0. The van der Waals surface area contributed by atoms with Crippen LogP contribution in [0, 0.1) is 20.8 Å². The molecular weight excluding hydrogens is 370 g/mol. The average molecular weight is 396 g/mol. The van der Waals surface area contributed by atoms with Gasteiger partial charge < -0.3 is 10.1 Å². The Morgan fingerprint density at radius 1 is 1.11 bits per heavy atom. The van der Waals surface area contributed by atoms with E-state index in [2.05, 4.69) is 35.2 Å². The number of nitrogens with one attached hydrogen (secondary N) is 1. The molecule has 2 aromatic heterocycles. The van der Waals surface area contributed by atoms with Gasteiger partial charge in [-0.1, -0.05) is 18.6 Å². The molecule has 0 aliphatic heterocycles. The number of aromatic nitrogens is 2. The first-order valence-corrected chi connectivity index (χ1v) is 10.6. The number of hydrogen-bond donors (Lipinski definition) is 1. The molecule has 1 aromatic carbocycles. The van der Waals surface area contributed by atoms with Crippen LogP contribution in [0.5, 0.6) is 0 Å². The number of esters is 1. The SMILES string of the molecule is Cc1cccc(Nc2ncnc3sc(C(=O)OC4CCCCC4)c(C)c23)c1C. The van der Waals surface area contributed by atoms with Gasteiger partial charge in [0.2, 0.25) is 0 Å². The summed E-state index contributed by atoms with van der Waals surface area (Å²) in [6, 6.07) is 6.15. The molecule has 0 radical (unpaired) electrons. The summed E-state index contributed by atoms with van der Waals surface area (Å²) < 4.78 is 5.78. The summed E-state index contributed by atoms with van der Waals surface area (Å²) >= 11 is 1.39. The highest BCUT2D eigenvalue weighted by atomic mass is 32.1. The van der Waals surface area contributed by atoms with Gasteiger partial charge in [-0.2, -0.15) is 0 Å². The van der Waals surface area contributed by atoms with Crippen LogP contribution in [0.4, 0.5) is 11.5 Å². The Labute approximate surface area is 169 Å². The minimum Gasteiger partial charge on any atom is -0.458 e. The molecule has 0 bridgehead atoms. The monoisotopic (exact) mass is 395 g/mol. The van der Waals surface area contributed by atoms with Gasteiger partial charge >= 0.3 is 5.97 Å². The molecule has 0 amide bonds. The number of thiophene rings is 1. The van der Waals surface area contributed by atoms with E-state index >= 15 is 0 Å². The molecule has 1 fully saturated rings. The molecule has 6 heteroatoms. The maximum atomic E-state index is 12.8. The molecule has 0 unspecified atom stereocenters. The van der Waals surface area contributed by atoms with Crippen LogP contribution in [-0.4, -0.2) is 22.0 Å². The summed E-state index contributed by atoms with van der Waals surface area (Å²) in [5.74, 6) is 0.495. The molecular formula is C22H25N3O2S. The quantitative estimate of drug-likeness (QED) is 0.561. The number of rotatable bonds is 4. The van der Waals surface area contributed by atoms with Crippen molar-refractivity contribution in [1.82, 2.24) is 9.97 Å². The Kier molecular flexibility index (Phi) is 5.31. The van der Waals surface area contributed by atoms with Crippen molar-refractivity contribution < 1.29 is 9.53 Å². The third-order valence-electron chi connectivity index (χ3n) is 5.60. The van der Waals surface area contributed by atoms with E-state index in [0.29, 0.717) is 4.88 Å². The molecule has 0 spiro atoms. The van der Waals surface area contributed by atoms with Gasteiger partial charge in [0, 0.05) is 5.69 Å². The standard InChI is InChI=1S/C22H25N3O2S/c1-13-8-7-11-17(14(13)2)25-20-18-15(3)19(28-21(18)24-12-23-20)22(26)27-16-9-5-4-6-10-16/h7-8,11-12,16H,4-6,9-10H2,1-3H3,(H,23,24,25). The minimum atomic E-state index is -0.231. The maximum Gasteiger partial charge on any atom is 0.348 e. The van der Waals surface area contributed by atoms with Crippen LogP contribution < -0.4 is 5.32 Å². The second kappa shape index (κ2) is 7.87. The van der Waals surface area contributed by atoms with Gasteiger partial charge in [-0.15, -0.1) is 11.3 Å². The molecule has 0 saturated heterocycles. The second-order valence-electron chi connectivity index (χ2n) is 7.50. The first-order valence-electron chi connectivity index (χ1n) is 9.83. The molecule has 1 aliphatic rings. The summed E-state index contributed by atoms with van der Waals surface area (Å²) in [6.07, 6.45) is 7.03. The zero-order chi connectivity index (χ0) is 19.7. The lowest BCUT2D eigenvalue weighted by molar-refractivity contribution is 0.0216. The van der Waals surface area contributed by atoms with E-state index < -0.39 is 0 Å². The smallest absolute Gasteiger partial charge is 0.348 e. The number of nitrogens with zero attached hydrogens (tertiary/aromatic N) is 2. The van der Waals surface area contributed by atoms with Gasteiger partial charge in [0.05, 0.1) is 5.39 Å². The van der Waals surface area contributed by atoms with Gasteiger partial charge in [0.1, 0.15) is 28.0 Å². The molecule has 5 nitrogen and oxygen atoms in total. The van der Waals surface area contributed by atoms with Crippen LogP contribution >= 0.6 is 11.3 Å². The number of anilines is 2. The van der Waals surface area contributed by atoms with Crippen LogP contribution in [0.15, 0.2) is 24.5 Å². The number of carbonyl (C=O) groups excluding carboxylic acids is 1. The van der Waals surface area contributed by atoms with Gasteiger partial charge in [-0.05, 0) is 69.2 Å². The minimum absolute atomic E-state index is 0.0458. The van der Waals surface area contributed by atoms with Crippen molar-refractivity contribution in [1.29, 1.82) is 0 Å². The van der Waals surface area contributed by atoms with Gasteiger partial charge in [-0.25, -0.2) is 14.8 Å². The Morgan fingerprint density at radius 2 is 1.89 bits per heavy atom. The van der Waals surface area contributed by atoms with Crippen LogP contribution in [0.25, 0.3) is 10.2 Å². The lowest BCUT2D eigenvalue weighted by atomic mass is 9.98. The summed E-state index contributed by atoms with van der Waals surface area (Å²) in [5.41, 5.74) is 4.29. The van der Waals surface area contributed by atoms with E-state index in [4.69, 9.17) is 4.74 Å². The predicted octanol–water partition coefficient (Wildman–Crippen LogP) is 5.85. The summed E-state index contributed by atoms with van der Waals surface area (Å²) in [4.78, 5) is 23.1. The number of fused-ring (bicyclic) bond motifs is 1. The molecule has 28 heavy (non-hydrogen) atoms. The van der Waals surface area contributed by atoms with E-state index in [9.17, 15) is 4.79 Å². The van der Waals surface area contributed by atoms with Crippen LogP contribution in [0.2, 0.25) is 0 Å². The van der Waals surface area contributed by atoms with Gasteiger partial charge in [0.15, 0.2) is 0 Å². The third-order valence-corrected chi connectivity index (χ3v) is 6.78. The Balaban J connectivity index is 1.66. The van der Waals surface area contributed by atoms with Crippen LogP contribution in [-0.2, 0) is 4.74 Å². The Morgan fingerprint density at radius 3 is 2.68 bits per heavy atom. The van der Waals surface area contributed by atoms with E-state index in [1.807, 2.05) is 19.1 Å². The summed E-state index contributed by atoms with van der Waals surface area (Å²) in [6.45, 7) is 6.13. The summed E-state index contributed by atoms with van der Waals surface area (Å²) in [5, 5.41) is 4.33. The molecule has 146 valence electrons. The van der Waals surface area contributed by atoms with Gasteiger partial charge in [-0.3, -0.25) is 0 Å². The molecule has 4 rings (SSSR count). The number of benzene rings is 1. The fourth-order valence-corrected chi connectivity index (χ4v) is 4.79. The third kappa shape index (κ3) is 3.61. The Bertz CT molecular complexity index is 1020. The normalized spacial score (nSPS) is 15.0. The predicted molar refractivity (Wildman–Crippen MR) is 114 cm³/mol. The van der Waals surface area contributed by atoms with Crippen LogP contribution in [0.1, 0.15) is 58.5 Å². The number of hydrogen-bond acceptors (Lipinski definition) is 6. The highest BCUT2D eigenvalue weighted by molar-refractivity contribution is 7.20. The Hall–Kier alpha value is -2.47. The van der Waals surface area contributed by atoms with E-state index in [0.717, 1.165) is 53.0 Å². The molecule has 1 aliphatic carbocycles. The van der Waals surface area contributed by atoms with Gasteiger partial charge in [0.25, 0.3) is 0 Å². The highest BCUT2D eigenvalue weighted by Crippen LogP contribution is 2.36. The van der Waals surface area contributed by atoms with E-state index in [-0.39, 0.29) is 12.1 Å². The zero-order valence-corrected chi connectivity index (χ0v) is 17.4. The molecule has 2 heterocycles. The zero-order valence-electron chi connectivity index (χ0n) is 16.5. The molecule has 0 atom stereocenters. The number of carbonyl (C=O) groups is 1. The van der Waals surface area contributed by atoms with E-state index in [1.54, 1.807) is 6.33 Å². The highest BCUT2D eigenvalue weighted by Gasteiger charge is 2.24. The number of aryl methyl sites for hydroxylation is 2. The second-order valence-corrected chi connectivity index (χ2v) is 8.50. The lowest BCUT2D eigenvalue weighted by Gasteiger charge is -2.21.